The van der Waals surface area contributed by atoms with Crippen LogP contribution < -0.4 is 16.6 Å². The number of ether oxygens (including phenoxy) is 1. The van der Waals surface area contributed by atoms with Crippen molar-refractivity contribution < 1.29 is 14.3 Å². The summed E-state index contributed by atoms with van der Waals surface area (Å²) in [5.41, 5.74) is -0.335. The number of anilines is 1. The van der Waals surface area contributed by atoms with Crippen LogP contribution in [0.5, 0.6) is 0 Å². The molecule has 1 amide bonds. The molecule has 1 aromatic carbocycles. The van der Waals surface area contributed by atoms with Crippen molar-refractivity contribution >= 4 is 39.8 Å². The molecule has 0 aliphatic rings. The van der Waals surface area contributed by atoms with Crippen molar-refractivity contribution in [3.63, 3.8) is 0 Å². The molecule has 0 unspecified atom stereocenters. The fourth-order valence-corrected chi connectivity index (χ4v) is 3.35. The number of nitrogens with zero attached hydrogens (tertiary/aromatic N) is 2. The predicted molar refractivity (Wildman–Crippen MR) is 97.7 cm³/mol. The zero-order chi connectivity index (χ0) is 18.8. The topological polar surface area (TPSA) is 99.4 Å². The van der Waals surface area contributed by atoms with Crippen molar-refractivity contribution in [2.24, 2.45) is 7.05 Å². The summed E-state index contributed by atoms with van der Waals surface area (Å²) < 4.78 is 6.84. The molecular formula is C17H15N3O5S. The maximum atomic E-state index is 12.4. The van der Waals surface area contributed by atoms with E-state index in [4.69, 9.17) is 0 Å². The van der Waals surface area contributed by atoms with Crippen molar-refractivity contribution in [3.8, 4) is 0 Å². The number of methoxy groups -OCH3 is 1. The van der Waals surface area contributed by atoms with E-state index >= 15 is 0 Å². The Balaban J connectivity index is 1.96. The van der Waals surface area contributed by atoms with E-state index < -0.39 is 23.1 Å². The van der Waals surface area contributed by atoms with Gasteiger partial charge in [-0.1, -0.05) is 12.1 Å². The van der Waals surface area contributed by atoms with E-state index in [9.17, 15) is 19.2 Å². The van der Waals surface area contributed by atoms with Crippen LogP contribution in [0.2, 0.25) is 0 Å². The molecule has 9 heteroatoms. The molecule has 0 fully saturated rings. The second-order valence-corrected chi connectivity index (χ2v) is 6.37. The molecule has 2 heterocycles. The van der Waals surface area contributed by atoms with Gasteiger partial charge in [-0.05, 0) is 23.6 Å². The zero-order valence-electron chi connectivity index (χ0n) is 14.0. The van der Waals surface area contributed by atoms with Crippen molar-refractivity contribution in [1.82, 2.24) is 9.13 Å². The molecule has 0 atom stereocenters. The summed E-state index contributed by atoms with van der Waals surface area (Å²) in [6.45, 7) is -0.302. The molecular weight excluding hydrogens is 358 g/mol. The van der Waals surface area contributed by atoms with Crippen LogP contribution in [0.1, 0.15) is 9.67 Å². The van der Waals surface area contributed by atoms with Crippen molar-refractivity contribution in [1.29, 1.82) is 0 Å². The Hall–Kier alpha value is -3.20. The summed E-state index contributed by atoms with van der Waals surface area (Å²) in [6.07, 6.45) is 0. The van der Waals surface area contributed by atoms with Gasteiger partial charge in [0.05, 0.1) is 23.7 Å². The molecule has 134 valence electrons. The molecule has 26 heavy (non-hydrogen) atoms. The van der Waals surface area contributed by atoms with Gasteiger partial charge in [-0.25, -0.2) is 9.59 Å². The van der Waals surface area contributed by atoms with E-state index in [2.05, 4.69) is 10.1 Å². The minimum Gasteiger partial charge on any atom is -0.465 e. The van der Waals surface area contributed by atoms with Crippen LogP contribution in [-0.2, 0) is 23.1 Å². The Morgan fingerprint density at radius 3 is 2.65 bits per heavy atom. The molecule has 3 aromatic rings. The lowest BCUT2D eigenvalue weighted by Crippen LogP contribution is -2.40. The number of hydrogen-bond donors (Lipinski definition) is 1. The molecule has 0 saturated heterocycles. The minimum absolute atomic E-state index is 0.263. The van der Waals surface area contributed by atoms with E-state index in [1.165, 1.54) is 18.7 Å². The molecule has 0 bridgehead atoms. The van der Waals surface area contributed by atoms with Crippen LogP contribution in [0.4, 0.5) is 5.69 Å². The van der Waals surface area contributed by atoms with Gasteiger partial charge in [-0.3, -0.25) is 18.7 Å². The van der Waals surface area contributed by atoms with Gasteiger partial charge in [-0.2, -0.15) is 0 Å². The number of carbonyl (C=O) groups is 2. The highest BCUT2D eigenvalue weighted by molar-refractivity contribution is 7.12. The van der Waals surface area contributed by atoms with Crippen LogP contribution >= 0.6 is 11.3 Å². The van der Waals surface area contributed by atoms with Gasteiger partial charge in [0.25, 0.3) is 5.56 Å². The normalized spacial score (nSPS) is 10.7. The molecule has 0 radical (unpaired) electrons. The first-order valence-corrected chi connectivity index (χ1v) is 8.46. The molecule has 0 spiro atoms. The van der Waals surface area contributed by atoms with E-state index in [0.717, 1.165) is 15.9 Å². The first kappa shape index (κ1) is 17.6. The van der Waals surface area contributed by atoms with Gasteiger partial charge in [0.15, 0.2) is 0 Å². The van der Waals surface area contributed by atoms with Gasteiger partial charge in [0.1, 0.15) is 11.4 Å². The number of carbonyl (C=O) groups excluding carboxylic acids is 2. The zero-order valence-corrected chi connectivity index (χ0v) is 14.8. The highest BCUT2D eigenvalue weighted by Crippen LogP contribution is 2.23. The Morgan fingerprint density at radius 1 is 1.19 bits per heavy atom. The summed E-state index contributed by atoms with van der Waals surface area (Å²) >= 11 is 1.14. The monoisotopic (exact) mass is 373 g/mol. The summed E-state index contributed by atoms with van der Waals surface area (Å²) in [6, 6.07) is 8.16. The number of fused-ring (bicyclic) bond motifs is 1. The van der Waals surface area contributed by atoms with E-state index in [-0.39, 0.29) is 11.4 Å². The number of para-hydroxylation sites is 1. The molecule has 3 rings (SSSR count). The Kier molecular flexibility index (Phi) is 4.72. The number of rotatable bonds is 4. The predicted octanol–water partition coefficient (Wildman–Crippen LogP) is 1.19. The third kappa shape index (κ3) is 3.04. The lowest BCUT2D eigenvalue weighted by atomic mass is 10.2. The van der Waals surface area contributed by atoms with Gasteiger partial charge >= 0.3 is 11.7 Å². The third-order valence-corrected chi connectivity index (χ3v) is 4.75. The molecule has 2 aromatic heterocycles. The van der Waals surface area contributed by atoms with Crippen LogP contribution in [0.3, 0.4) is 0 Å². The maximum absolute atomic E-state index is 12.4. The van der Waals surface area contributed by atoms with E-state index in [0.29, 0.717) is 16.6 Å². The third-order valence-electron chi connectivity index (χ3n) is 3.86. The Morgan fingerprint density at radius 2 is 1.92 bits per heavy atom. The maximum Gasteiger partial charge on any atom is 0.350 e. The summed E-state index contributed by atoms with van der Waals surface area (Å²) in [5.74, 6) is -1.06. The number of amides is 1. The quantitative estimate of drug-likeness (QED) is 0.693. The number of aromatic nitrogens is 2. The standard InChI is InChI=1S/C17H15N3O5S/c1-19-15(22)10-5-3-4-6-12(10)20(17(19)24)9-13(21)18-11-7-8-26-14(11)16(23)25-2/h3-8H,9H2,1-2H3,(H,18,21). The van der Waals surface area contributed by atoms with Crippen molar-refractivity contribution in [2.45, 2.75) is 6.54 Å². The lowest BCUT2D eigenvalue weighted by molar-refractivity contribution is -0.116. The number of thiophene rings is 1. The molecule has 1 N–H and O–H groups in total. The first-order valence-electron chi connectivity index (χ1n) is 7.58. The molecule has 8 nitrogen and oxygen atoms in total. The van der Waals surface area contributed by atoms with E-state index in [1.54, 1.807) is 35.7 Å². The molecule has 0 saturated carbocycles. The smallest absolute Gasteiger partial charge is 0.350 e. The Bertz CT molecular complexity index is 1130. The first-order chi connectivity index (χ1) is 12.4. The minimum atomic E-state index is -0.595. The van der Waals surface area contributed by atoms with Crippen LogP contribution in [0.25, 0.3) is 10.9 Å². The SMILES string of the molecule is COC(=O)c1sccc1NC(=O)Cn1c(=O)n(C)c(=O)c2ccccc21. The average Bonchev–Trinajstić information content (AvgIpc) is 3.10. The van der Waals surface area contributed by atoms with Crippen LogP contribution in [0.15, 0.2) is 45.3 Å². The number of hydrogen-bond acceptors (Lipinski definition) is 6. The van der Waals surface area contributed by atoms with Gasteiger partial charge < -0.3 is 10.1 Å². The number of esters is 1. The van der Waals surface area contributed by atoms with Gasteiger partial charge in [0.2, 0.25) is 5.91 Å². The van der Waals surface area contributed by atoms with Crippen molar-refractivity contribution in [3.05, 3.63) is 61.4 Å². The summed E-state index contributed by atoms with van der Waals surface area (Å²) in [7, 11) is 2.61. The van der Waals surface area contributed by atoms with Crippen molar-refractivity contribution in [2.75, 3.05) is 12.4 Å². The summed E-state index contributed by atoms with van der Waals surface area (Å²) in [4.78, 5) is 49.0. The average molecular weight is 373 g/mol. The highest BCUT2D eigenvalue weighted by atomic mass is 32.1. The van der Waals surface area contributed by atoms with Gasteiger partial charge in [-0.15, -0.1) is 11.3 Å². The van der Waals surface area contributed by atoms with Crippen LogP contribution in [-0.4, -0.2) is 28.1 Å². The molecule has 0 aliphatic heterocycles. The van der Waals surface area contributed by atoms with E-state index in [1.807, 2.05) is 0 Å². The largest absolute Gasteiger partial charge is 0.465 e. The number of benzene rings is 1. The fraction of sp³-hybridized carbons (Fsp3) is 0.176. The van der Waals surface area contributed by atoms with Crippen LogP contribution in [0, 0.1) is 0 Å². The van der Waals surface area contributed by atoms with Gasteiger partial charge in [0, 0.05) is 7.05 Å². The summed E-state index contributed by atoms with van der Waals surface area (Å²) in [5, 5.41) is 4.59. The second kappa shape index (κ2) is 6.96. The Labute approximate surface area is 151 Å². The second-order valence-electron chi connectivity index (χ2n) is 5.45. The molecule has 0 aliphatic carbocycles. The number of nitrogens with one attached hydrogen (secondary N) is 1. The fourth-order valence-electron chi connectivity index (χ4n) is 2.59. The highest BCUT2D eigenvalue weighted by Gasteiger charge is 2.17. The lowest BCUT2D eigenvalue weighted by Gasteiger charge is -2.12.